The van der Waals surface area contributed by atoms with Gasteiger partial charge < -0.3 is 28.9 Å². The van der Waals surface area contributed by atoms with E-state index in [0.717, 1.165) is 30.7 Å². The molecule has 1 aliphatic rings. The van der Waals surface area contributed by atoms with Crippen molar-refractivity contribution in [3.05, 3.63) is 77.8 Å². The highest BCUT2D eigenvalue weighted by Crippen LogP contribution is 2.41. The van der Waals surface area contributed by atoms with Gasteiger partial charge in [-0.3, -0.25) is 9.59 Å². The molecule has 0 radical (unpaired) electrons. The standard InChI is InChI=1S/C36H45F3N4O6/c1-22(48-23(2)45)33(46)43(18-25-17-42(19-29(25)39)34(47)49-35(3,4)5)31(36(6,7)21-44)32-40-30(27-15-26(37)13-14-28(27)38)20-41(32)16-24-11-9-8-10-12-24/h8-15,20,22,25,29,31,44H,16-19,21H2,1-7H3/t22-,25?,29?,31-/m0/s1. The molecule has 0 saturated carbocycles. The zero-order valence-electron chi connectivity index (χ0n) is 29.0. The van der Waals surface area contributed by atoms with Crippen LogP contribution in [0.5, 0.6) is 0 Å². The molecular weight excluding hydrogens is 641 g/mol. The summed E-state index contributed by atoms with van der Waals surface area (Å²) in [6.45, 7) is 10.1. The number of ether oxygens (including phenoxy) is 2. The third-order valence-electron chi connectivity index (χ3n) is 8.33. The number of halogens is 3. The smallest absolute Gasteiger partial charge is 0.410 e. The number of aromatic nitrogens is 2. The number of hydrogen-bond donors (Lipinski definition) is 1. The van der Waals surface area contributed by atoms with E-state index in [2.05, 4.69) is 0 Å². The molecule has 49 heavy (non-hydrogen) atoms. The number of carbonyl (C=O) groups excluding carboxylic acids is 3. The minimum absolute atomic E-state index is 0.0717. The van der Waals surface area contributed by atoms with Crippen molar-refractivity contribution < 1.29 is 42.1 Å². The molecule has 1 aromatic heterocycles. The Kier molecular flexibility index (Phi) is 11.5. The van der Waals surface area contributed by atoms with E-state index in [4.69, 9.17) is 14.5 Å². The Morgan fingerprint density at radius 3 is 2.35 bits per heavy atom. The van der Waals surface area contributed by atoms with Crippen LogP contribution in [0.3, 0.4) is 0 Å². The van der Waals surface area contributed by atoms with E-state index >= 15 is 8.78 Å². The highest BCUT2D eigenvalue weighted by Gasteiger charge is 2.46. The topological polar surface area (TPSA) is 114 Å². The molecule has 10 nitrogen and oxygen atoms in total. The van der Waals surface area contributed by atoms with Crippen LogP contribution >= 0.6 is 0 Å². The van der Waals surface area contributed by atoms with Crippen molar-refractivity contribution in [3.63, 3.8) is 0 Å². The summed E-state index contributed by atoms with van der Waals surface area (Å²) in [4.78, 5) is 46.4. The number of carbonyl (C=O) groups is 3. The average molecular weight is 687 g/mol. The van der Waals surface area contributed by atoms with Gasteiger partial charge in [-0.05, 0) is 51.5 Å². The van der Waals surface area contributed by atoms with E-state index in [9.17, 15) is 23.9 Å². The fourth-order valence-corrected chi connectivity index (χ4v) is 5.96. The predicted octanol–water partition coefficient (Wildman–Crippen LogP) is 5.92. The minimum atomic E-state index is -1.55. The van der Waals surface area contributed by atoms with Gasteiger partial charge in [-0.1, -0.05) is 44.2 Å². The van der Waals surface area contributed by atoms with E-state index in [1.165, 1.54) is 22.9 Å². The summed E-state index contributed by atoms with van der Waals surface area (Å²) in [5, 5.41) is 10.7. The van der Waals surface area contributed by atoms with Crippen LogP contribution in [0.15, 0.2) is 54.7 Å². The molecular formula is C36H45F3N4O6. The quantitative estimate of drug-likeness (QED) is 0.249. The predicted molar refractivity (Wildman–Crippen MR) is 176 cm³/mol. The zero-order chi connectivity index (χ0) is 36.3. The third-order valence-corrected chi connectivity index (χ3v) is 8.33. The van der Waals surface area contributed by atoms with Crippen molar-refractivity contribution in [2.45, 2.75) is 78.9 Å². The number of amides is 2. The summed E-state index contributed by atoms with van der Waals surface area (Å²) in [7, 11) is 0. The van der Waals surface area contributed by atoms with Gasteiger partial charge in [0.2, 0.25) is 0 Å². The van der Waals surface area contributed by atoms with Crippen molar-refractivity contribution in [3.8, 4) is 11.3 Å². The van der Waals surface area contributed by atoms with Gasteiger partial charge in [-0.25, -0.2) is 22.9 Å². The van der Waals surface area contributed by atoms with Crippen molar-refractivity contribution in [1.29, 1.82) is 0 Å². The largest absolute Gasteiger partial charge is 0.453 e. The second-order valence-corrected chi connectivity index (χ2v) is 14.2. The monoisotopic (exact) mass is 686 g/mol. The number of aliphatic hydroxyl groups excluding tert-OH is 1. The molecule has 2 amide bonds. The molecule has 2 aromatic carbocycles. The zero-order valence-corrected chi connectivity index (χ0v) is 29.0. The Morgan fingerprint density at radius 1 is 1.06 bits per heavy atom. The van der Waals surface area contributed by atoms with E-state index in [1.807, 2.05) is 30.3 Å². The van der Waals surface area contributed by atoms with Crippen LogP contribution in [0.2, 0.25) is 0 Å². The first-order chi connectivity index (χ1) is 22.9. The maximum Gasteiger partial charge on any atom is 0.410 e. The van der Waals surface area contributed by atoms with Crippen LogP contribution < -0.4 is 0 Å². The van der Waals surface area contributed by atoms with E-state index in [1.54, 1.807) is 39.2 Å². The van der Waals surface area contributed by atoms with E-state index in [-0.39, 0.29) is 43.3 Å². The van der Waals surface area contributed by atoms with Crippen molar-refractivity contribution in [2.75, 3.05) is 26.2 Å². The first-order valence-electron chi connectivity index (χ1n) is 16.2. The minimum Gasteiger partial charge on any atom is -0.453 e. The van der Waals surface area contributed by atoms with Gasteiger partial charge >= 0.3 is 12.1 Å². The van der Waals surface area contributed by atoms with Gasteiger partial charge in [0.05, 0.1) is 24.9 Å². The highest BCUT2D eigenvalue weighted by molar-refractivity contribution is 5.83. The Morgan fingerprint density at radius 2 is 1.73 bits per heavy atom. The number of esters is 1. The number of hydrogen-bond acceptors (Lipinski definition) is 7. The van der Waals surface area contributed by atoms with Gasteiger partial charge in [0, 0.05) is 49.7 Å². The van der Waals surface area contributed by atoms with E-state index in [0.29, 0.717) is 0 Å². The summed E-state index contributed by atoms with van der Waals surface area (Å²) in [5.74, 6) is -3.51. The van der Waals surface area contributed by atoms with Crippen molar-refractivity contribution >= 4 is 18.0 Å². The van der Waals surface area contributed by atoms with Crippen LogP contribution in [0.4, 0.5) is 18.0 Å². The fourth-order valence-electron chi connectivity index (χ4n) is 5.96. The van der Waals surface area contributed by atoms with Crippen LogP contribution in [0.1, 0.15) is 65.9 Å². The third kappa shape index (κ3) is 9.20. The molecule has 4 rings (SSSR count). The second kappa shape index (κ2) is 15.0. The molecule has 4 atom stereocenters. The Balaban J connectivity index is 1.87. The summed E-state index contributed by atoms with van der Waals surface area (Å²) in [6.07, 6.45) is -2.02. The normalized spacial score (nSPS) is 17.8. The van der Waals surface area contributed by atoms with Crippen molar-refractivity contribution in [1.82, 2.24) is 19.4 Å². The summed E-state index contributed by atoms with van der Waals surface area (Å²) >= 11 is 0. The lowest BCUT2D eigenvalue weighted by molar-refractivity contribution is -0.161. The lowest BCUT2D eigenvalue weighted by Gasteiger charge is -2.42. The summed E-state index contributed by atoms with van der Waals surface area (Å²) in [6, 6.07) is 11.1. The molecule has 1 N–H and O–H groups in total. The molecule has 0 spiro atoms. The fraction of sp³-hybridized carbons (Fsp3) is 0.500. The molecule has 1 saturated heterocycles. The maximum absolute atomic E-state index is 15.8. The molecule has 1 fully saturated rings. The summed E-state index contributed by atoms with van der Waals surface area (Å²) < 4.78 is 57.6. The molecule has 0 bridgehead atoms. The number of imidazole rings is 1. The second-order valence-electron chi connectivity index (χ2n) is 14.2. The first kappa shape index (κ1) is 37.4. The number of benzene rings is 2. The number of nitrogens with zero attached hydrogens (tertiary/aromatic N) is 4. The van der Waals surface area contributed by atoms with Crippen LogP contribution in [0.25, 0.3) is 11.3 Å². The number of alkyl halides is 1. The van der Waals surface area contributed by atoms with Gasteiger partial charge in [0.25, 0.3) is 5.91 Å². The van der Waals surface area contributed by atoms with Gasteiger partial charge in [0.1, 0.15) is 29.2 Å². The van der Waals surface area contributed by atoms with Gasteiger partial charge in [0.15, 0.2) is 6.10 Å². The number of rotatable bonds is 11. The molecule has 2 unspecified atom stereocenters. The average Bonchev–Trinajstić information content (AvgIpc) is 3.59. The molecule has 13 heteroatoms. The lowest BCUT2D eigenvalue weighted by Crippen LogP contribution is -2.51. The van der Waals surface area contributed by atoms with Crippen LogP contribution in [0, 0.1) is 23.0 Å². The number of aliphatic hydroxyl groups is 1. The molecule has 1 aliphatic heterocycles. The maximum atomic E-state index is 15.8. The van der Waals surface area contributed by atoms with E-state index < -0.39 is 71.5 Å². The van der Waals surface area contributed by atoms with Crippen LogP contribution in [-0.2, 0) is 25.6 Å². The van der Waals surface area contributed by atoms with Crippen molar-refractivity contribution in [2.24, 2.45) is 11.3 Å². The summed E-state index contributed by atoms with van der Waals surface area (Å²) in [5.41, 5.74) is -1.20. The molecule has 266 valence electrons. The molecule has 2 heterocycles. The Bertz CT molecular complexity index is 1640. The molecule has 0 aliphatic carbocycles. The number of likely N-dealkylation sites (tertiary alicyclic amines) is 1. The first-order valence-corrected chi connectivity index (χ1v) is 16.2. The van der Waals surface area contributed by atoms with Gasteiger partial charge in [-0.2, -0.15) is 0 Å². The Hall–Kier alpha value is -4.39. The Labute approximate surface area is 284 Å². The van der Waals surface area contributed by atoms with Crippen LogP contribution in [-0.4, -0.2) is 86.5 Å². The SMILES string of the molecule is CC(=O)O[C@@H](C)C(=O)N(CC1CN(C(=O)OC(C)(C)C)CC1F)[C@@H](c1nc(-c2cc(F)ccc2F)cn1Cc1ccccc1)C(C)(C)CO. The van der Waals surface area contributed by atoms with Gasteiger partial charge in [-0.15, -0.1) is 0 Å². The highest BCUT2D eigenvalue weighted by atomic mass is 19.1. The molecule has 3 aromatic rings. The lowest BCUT2D eigenvalue weighted by atomic mass is 9.82.